The molecule has 2 N–H and O–H groups in total. The van der Waals surface area contributed by atoms with E-state index in [0.29, 0.717) is 12.5 Å². The Labute approximate surface area is 194 Å². The van der Waals surface area contributed by atoms with Crippen molar-refractivity contribution in [3.63, 3.8) is 0 Å². The van der Waals surface area contributed by atoms with Crippen molar-refractivity contribution in [2.24, 2.45) is 0 Å². The molecule has 0 amide bonds. The number of morpholine rings is 1. The van der Waals surface area contributed by atoms with Crippen LogP contribution in [0.2, 0.25) is 0 Å². The van der Waals surface area contributed by atoms with Gasteiger partial charge >= 0.3 is 0 Å². The third-order valence-corrected chi connectivity index (χ3v) is 8.30. The maximum absolute atomic E-state index is 6.26. The van der Waals surface area contributed by atoms with E-state index in [1.165, 1.54) is 44.3 Å². The molecule has 0 spiro atoms. The van der Waals surface area contributed by atoms with Crippen LogP contribution in [-0.2, 0) is 11.3 Å². The third kappa shape index (κ3) is 3.47. The minimum Gasteiger partial charge on any atom is -0.486 e. The number of ether oxygens (including phenoxy) is 2. The van der Waals surface area contributed by atoms with Gasteiger partial charge in [-0.15, -0.1) is 0 Å². The molecule has 0 aliphatic carbocycles. The minimum absolute atomic E-state index is 0.472. The summed E-state index contributed by atoms with van der Waals surface area (Å²) in [5.41, 5.74) is 3.48. The fraction of sp³-hybridized carbons (Fsp3) is 0.600. The first-order valence-electron chi connectivity index (χ1n) is 12.5. The number of hydrogen-bond acceptors (Lipinski definition) is 8. The average molecular weight is 449 g/mol. The summed E-state index contributed by atoms with van der Waals surface area (Å²) in [4.78, 5) is 14.3. The van der Waals surface area contributed by atoms with Gasteiger partial charge in [-0.1, -0.05) is 6.07 Å². The first-order chi connectivity index (χ1) is 16.3. The molecular formula is C25H32N6O2. The van der Waals surface area contributed by atoms with Crippen LogP contribution in [0, 0.1) is 0 Å². The number of benzene rings is 1. The third-order valence-electron chi connectivity index (χ3n) is 8.30. The Morgan fingerprint density at radius 2 is 1.79 bits per heavy atom. The molecule has 0 radical (unpaired) electrons. The lowest BCUT2D eigenvalue weighted by atomic mass is 9.83. The van der Waals surface area contributed by atoms with Crippen molar-refractivity contribution in [2.75, 3.05) is 49.6 Å². The van der Waals surface area contributed by atoms with Crippen molar-refractivity contribution >= 4 is 17.3 Å². The Kier molecular flexibility index (Phi) is 4.91. The van der Waals surface area contributed by atoms with Crippen molar-refractivity contribution in [1.29, 1.82) is 0 Å². The van der Waals surface area contributed by atoms with E-state index in [1.807, 2.05) is 0 Å². The van der Waals surface area contributed by atoms with Crippen LogP contribution in [0.3, 0.4) is 0 Å². The molecule has 4 fully saturated rings. The number of piperidine rings is 1. The van der Waals surface area contributed by atoms with Gasteiger partial charge in [-0.05, 0) is 49.3 Å². The standard InChI is InChI=1S/C25H32N6O2/c1-4-23-22(11-16(1)17-9-18-2-3-19(10-17)31(18)20-12-26-13-20)29-24-21(14-33-23)25(28-15-27-24)30-5-7-32-8-6-30/h1,4,11,15,17-20,26H,2-3,5-10,12-14H2,(H,27,28,29). The number of rotatable bonds is 3. The van der Waals surface area contributed by atoms with E-state index in [1.54, 1.807) is 6.33 Å². The van der Waals surface area contributed by atoms with Crippen LogP contribution in [0.4, 0.5) is 17.3 Å². The Bertz CT molecular complexity index is 1020. The Morgan fingerprint density at radius 3 is 2.55 bits per heavy atom. The molecule has 4 saturated heterocycles. The summed E-state index contributed by atoms with van der Waals surface area (Å²) in [6.07, 6.45) is 6.92. The van der Waals surface area contributed by atoms with Gasteiger partial charge in [0.15, 0.2) is 0 Å². The van der Waals surface area contributed by atoms with Crippen LogP contribution in [0.1, 0.15) is 42.7 Å². The number of hydrogen-bond donors (Lipinski definition) is 2. The van der Waals surface area contributed by atoms with Gasteiger partial charge in [-0.2, -0.15) is 0 Å². The monoisotopic (exact) mass is 448 g/mol. The van der Waals surface area contributed by atoms with Crippen molar-refractivity contribution in [1.82, 2.24) is 20.2 Å². The normalized spacial score (nSPS) is 29.3. The van der Waals surface area contributed by atoms with Crippen molar-refractivity contribution in [3.05, 3.63) is 35.7 Å². The summed E-state index contributed by atoms with van der Waals surface area (Å²) in [7, 11) is 0. The van der Waals surface area contributed by atoms with E-state index < -0.39 is 0 Å². The smallest absolute Gasteiger partial charge is 0.143 e. The summed E-state index contributed by atoms with van der Waals surface area (Å²) < 4.78 is 11.8. The molecule has 2 unspecified atom stereocenters. The van der Waals surface area contributed by atoms with Crippen molar-refractivity contribution in [3.8, 4) is 5.75 Å². The molecular weight excluding hydrogens is 416 g/mol. The van der Waals surface area contributed by atoms with Crippen molar-refractivity contribution in [2.45, 2.75) is 56.3 Å². The first-order valence-corrected chi connectivity index (χ1v) is 12.5. The molecule has 1 aromatic carbocycles. The molecule has 8 heteroatoms. The number of fused-ring (bicyclic) bond motifs is 4. The van der Waals surface area contributed by atoms with Gasteiger partial charge in [0.25, 0.3) is 0 Å². The molecule has 1 aromatic heterocycles. The van der Waals surface area contributed by atoms with Gasteiger partial charge < -0.3 is 25.0 Å². The quantitative estimate of drug-likeness (QED) is 0.743. The number of aromatic nitrogens is 2. The second-order valence-corrected chi connectivity index (χ2v) is 10.1. The lowest BCUT2D eigenvalue weighted by molar-refractivity contribution is 0.0497. The minimum atomic E-state index is 0.472. The van der Waals surface area contributed by atoms with Crippen molar-refractivity contribution < 1.29 is 9.47 Å². The average Bonchev–Trinajstić information content (AvgIpc) is 2.99. The summed E-state index contributed by atoms with van der Waals surface area (Å²) in [6.45, 7) is 5.97. The van der Waals surface area contributed by atoms with E-state index in [4.69, 9.17) is 9.47 Å². The van der Waals surface area contributed by atoms with Crippen LogP contribution in [0.25, 0.3) is 0 Å². The SMILES string of the molecule is c1nc2c(c(N3CCOCC3)n1)COc1ccc(C3CC4CCC(C3)N4C3CNC3)cc1N2. The molecule has 2 aromatic rings. The highest BCUT2D eigenvalue weighted by molar-refractivity contribution is 5.71. The van der Waals surface area contributed by atoms with E-state index in [2.05, 4.69) is 48.6 Å². The highest BCUT2D eigenvalue weighted by Gasteiger charge is 2.45. The molecule has 5 aliphatic heterocycles. The van der Waals surface area contributed by atoms with Gasteiger partial charge in [-0.25, -0.2) is 9.97 Å². The highest BCUT2D eigenvalue weighted by atomic mass is 16.5. The Balaban J connectivity index is 1.14. The maximum atomic E-state index is 6.26. The molecule has 33 heavy (non-hydrogen) atoms. The van der Waals surface area contributed by atoms with Crippen LogP contribution in [0.5, 0.6) is 5.75 Å². The first kappa shape index (κ1) is 20.0. The van der Waals surface area contributed by atoms with E-state index >= 15 is 0 Å². The van der Waals surface area contributed by atoms with E-state index in [-0.39, 0.29) is 0 Å². The summed E-state index contributed by atoms with van der Waals surface area (Å²) in [5, 5.41) is 7.05. The lowest BCUT2D eigenvalue weighted by Crippen LogP contribution is -2.61. The van der Waals surface area contributed by atoms with E-state index in [0.717, 1.165) is 73.1 Å². The number of anilines is 3. The van der Waals surface area contributed by atoms with Gasteiger partial charge in [-0.3, -0.25) is 4.90 Å². The molecule has 6 heterocycles. The second kappa shape index (κ2) is 8.11. The fourth-order valence-corrected chi connectivity index (χ4v) is 6.56. The molecule has 8 nitrogen and oxygen atoms in total. The zero-order chi connectivity index (χ0) is 21.8. The topological polar surface area (TPSA) is 74.8 Å². The predicted octanol–water partition coefficient (Wildman–Crippen LogP) is 2.63. The fourth-order valence-electron chi connectivity index (χ4n) is 6.56. The summed E-state index contributed by atoms with van der Waals surface area (Å²) in [5.74, 6) is 3.33. The van der Waals surface area contributed by atoms with Gasteiger partial charge in [0.05, 0.1) is 24.5 Å². The van der Waals surface area contributed by atoms with Crippen LogP contribution in [-0.4, -0.2) is 72.4 Å². The zero-order valence-electron chi connectivity index (χ0n) is 19.0. The molecule has 0 saturated carbocycles. The van der Waals surface area contributed by atoms with Crippen LogP contribution in [0.15, 0.2) is 24.5 Å². The molecule has 174 valence electrons. The van der Waals surface area contributed by atoms with Crippen LogP contribution < -0.4 is 20.3 Å². The van der Waals surface area contributed by atoms with Crippen LogP contribution >= 0.6 is 0 Å². The van der Waals surface area contributed by atoms with Gasteiger partial charge in [0, 0.05) is 44.3 Å². The lowest BCUT2D eigenvalue weighted by Gasteiger charge is -2.47. The van der Waals surface area contributed by atoms with E-state index in [9.17, 15) is 0 Å². The molecule has 5 aliphatic rings. The number of nitrogens with one attached hydrogen (secondary N) is 2. The molecule has 7 rings (SSSR count). The maximum Gasteiger partial charge on any atom is 0.143 e. The second-order valence-electron chi connectivity index (χ2n) is 10.1. The predicted molar refractivity (Wildman–Crippen MR) is 126 cm³/mol. The molecule has 2 bridgehead atoms. The highest BCUT2D eigenvalue weighted by Crippen LogP contribution is 2.46. The van der Waals surface area contributed by atoms with Gasteiger partial charge in [0.2, 0.25) is 0 Å². The van der Waals surface area contributed by atoms with Gasteiger partial charge in [0.1, 0.15) is 30.3 Å². The zero-order valence-corrected chi connectivity index (χ0v) is 19.0. The summed E-state index contributed by atoms with van der Waals surface area (Å²) >= 11 is 0. The Hall–Kier alpha value is -2.42. The largest absolute Gasteiger partial charge is 0.486 e. The Morgan fingerprint density at radius 1 is 0.970 bits per heavy atom. The molecule has 2 atom stereocenters. The summed E-state index contributed by atoms with van der Waals surface area (Å²) in [6, 6.07) is 9.00. The number of nitrogens with zero attached hydrogens (tertiary/aromatic N) is 4.